The van der Waals surface area contributed by atoms with E-state index in [0.29, 0.717) is 12.5 Å². The van der Waals surface area contributed by atoms with E-state index in [9.17, 15) is 9.59 Å². The molecule has 17 heavy (non-hydrogen) atoms. The van der Waals surface area contributed by atoms with Crippen molar-refractivity contribution in [2.75, 3.05) is 26.7 Å². The van der Waals surface area contributed by atoms with Crippen molar-refractivity contribution >= 4 is 12.0 Å². The van der Waals surface area contributed by atoms with E-state index in [-0.39, 0.29) is 19.0 Å². The molecule has 0 saturated carbocycles. The minimum atomic E-state index is -0.880. The van der Waals surface area contributed by atoms with E-state index in [4.69, 9.17) is 5.11 Å². The lowest BCUT2D eigenvalue weighted by Crippen LogP contribution is -2.43. The molecule has 0 fully saturated rings. The molecule has 1 atom stereocenters. The van der Waals surface area contributed by atoms with Gasteiger partial charge in [-0.2, -0.15) is 0 Å². The smallest absolute Gasteiger partial charge is 0.319 e. The van der Waals surface area contributed by atoms with E-state index in [1.165, 1.54) is 4.90 Å². The fourth-order valence-electron chi connectivity index (χ4n) is 1.45. The summed E-state index contributed by atoms with van der Waals surface area (Å²) in [5.74, 6) is -0.415. The molecule has 0 radical (unpaired) electrons. The predicted molar refractivity (Wildman–Crippen MR) is 67.0 cm³/mol. The molecule has 1 unspecified atom stereocenters. The van der Waals surface area contributed by atoms with Gasteiger partial charge in [0, 0.05) is 26.7 Å². The van der Waals surface area contributed by atoms with Crippen LogP contribution in [-0.4, -0.2) is 53.6 Å². The third-order valence-corrected chi connectivity index (χ3v) is 2.87. The number of carboxylic acids is 1. The first kappa shape index (κ1) is 15.7. The highest BCUT2D eigenvalue weighted by atomic mass is 16.4. The maximum absolute atomic E-state index is 12.0. The van der Waals surface area contributed by atoms with Crippen molar-refractivity contribution in [3.63, 3.8) is 0 Å². The van der Waals surface area contributed by atoms with Gasteiger partial charge in [0.15, 0.2) is 0 Å². The third kappa shape index (κ3) is 6.14. The van der Waals surface area contributed by atoms with Crippen molar-refractivity contribution in [3.05, 3.63) is 0 Å². The molecule has 0 saturated heterocycles. The maximum atomic E-state index is 12.0. The summed E-state index contributed by atoms with van der Waals surface area (Å²) in [5, 5.41) is 8.57. The van der Waals surface area contributed by atoms with Crippen LogP contribution < -0.4 is 0 Å². The standard InChI is InChI=1S/C12H24N2O3/c1-5-10(3)9-14(6-2)12(17)13(4)8-7-11(15)16/h10H,5-9H2,1-4H3,(H,15,16). The van der Waals surface area contributed by atoms with Gasteiger partial charge in [-0.1, -0.05) is 20.3 Å². The number of aliphatic carboxylic acids is 1. The number of nitrogens with zero attached hydrogens (tertiary/aromatic N) is 2. The van der Waals surface area contributed by atoms with Gasteiger partial charge in [-0.05, 0) is 12.8 Å². The summed E-state index contributed by atoms with van der Waals surface area (Å²) in [5.41, 5.74) is 0. The van der Waals surface area contributed by atoms with E-state index in [2.05, 4.69) is 13.8 Å². The second-order valence-electron chi connectivity index (χ2n) is 4.40. The van der Waals surface area contributed by atoms with E-state index >= 15 is 0 Å². The van der Waals surface area contributed by atoms with Crippen molar-refractivity contribution in [2.24, 2.45) is 5.92 Å². The predicted octanol–water partition coefficient (Wildman–Crippen LogP) is 1.88. The molecule has 0 aliphatic carbocycles. The lowest BCUT2D eigenvalue weighted by atomic mass is 10.1. The average molecular weight is 244 g/mol. The zero-order valence-corrected chi connectivity index (χ0v) is 11.3. The van der Waals surface area contributed by atoms with E-state index in [0.717, 1.165) is 13.0 Å². The normalized spacial score (nSPS) is 12.0. The highest BCUT2D eigenvalue weighted by Gasteiger charge is 2.18. The quantitative estimate of drug-likeness (QED) is 0.744. The lowest BCUT2D eigenvalue weighted by Gasteiger charge is -2.28. The molecule has 0 rings (SSSR count). The molecule has 5 heteroatoms. The number of rotatable bonds is 7. The molecule has 0 aliphatic heterocycles. The van der Waals surface area contributed by atoms with Gasteiger partial charge < -0.3 is 14.9 Å². The van der Waals surface area contributed by atoms with Gasteiger partial charge in [-0.25, -0.2) is 4.79 Å². The Bertz CT molecular complexity index is 256. The summed E-state index contributed by atoms with van der Waals surface area (Å²) in [6.45, 7) is 7.77. The summed E-state index contributed by atoms with van der Waals surface area (Å²) in [6, 6.07) is -0.0888. The molecule has 0 bridgehead atoms. The highest BCUT2D eigenvalue weighted by Crippen LogP contribution is 2.06. The van der Waals surface area contributed by atoms with Crippen LogP contribution in [0.5, 0.6) is 0 Å². The van der Waals surface area contributed by atoms with Gasteiger partial charge in [-0.3, -0.25) is 4.79 Å². The van der Waals surface area contributed by atoms with Crippen LogP contribution in [0, 0.1) is 5.92 Å². The number of amides is 2. The van der Waals surface area contributed by atoms with Gasteiger partial charge in [0.25, 0.3) is 0 Å². The summed E-state index contributed by atoms with van der Waals surface area (Å²) >= 11 is 0. The number of carbonyl (C=O) groups excluding carboxylic acids is 1. The molecule has 5 nitrogen and oxygen atoms in total. The van der Waals surface area contributed by atoms with Crippen molar-refractivity contribution < 1.29 is 14.7 Å². The average Bonchev–Trinajstić information content (AvgIpc) is 2.31. The maximum Gasteiger partial charge on any atom is 0.319 e. The second kappa shape index (κ2) is 7.92. The Morgan fingerprint density at radius 2 is 1.88 bits per heavy atom. The van der Waals surface area contributed by atoms with Crippen LogP contribution in [0.2, 0.25) is 0 Å². The first-order chi connectivity index (χ1) is 7.92. The summed E-state index contributed by atoms with van der Waals surface area (Å²) < 4.78 is 0. The van der Waals surface area contributed by atoms with Crippen molar-refractivity contribution in [3.8, 4) is 0 Å². The summed E-state index contributed by atoms with van der Waals surface area (Å²) in [4.78, 5) is 25.7. The Morgan fingerprint density at radius 3 is 2.29 bits per heavy atom. The fraction of sp³-hybridized carbons (Fsp3) is 0.833. The Kier molecular flexibility index (Phi) is 7.34. The van der Waals surface area contributed by atoms with E-state index < -0.39 is 5.97 Å². The molecule has 0 aromatic heterocycles. The van der Waals surface area contributed by atoms with Crippen LogP contribution in [-0.2, 0) is 4.79 Å². The molecule has 2 amide bonds. The number of urea groups is 1. The van der Waals surface area contributed by atoms with Crippen LogP contribution in [0.4, 0.5) is 4.79 Å². The topological polar surface area (TPSA) is 60.9 Å². The Morgan fingerprint density at radius 1 is 1.29 bits per heavy atom. The highest BCUT2D eigenvalue weighted by molar-refractivity contribution is 5.75. The van der Waals surface area contributed by atoms with Crippen molar-refractivity contribution in [1.29, 1.82) is 0 Å². The molecular formula is C12H24N2O3. The fourth-order valence-corrected chi connectivity index (χ4v) is 1.45. The van der Waals surface area contributed by atoms with E-state index in [1.54, 1.807) is 11.9 Å². The van der Waals surface area contributed by atoms with Crippen LogP contribution in [0.15, 0.2) is 0 Å². The molecular weight excluding hydrogens is 220 g/mol. The zero-order chi connectivity index (χ0) is 13.4. The van der Waals surface area contributed by atoms with Gasteiger partial charge in [0.1, 0.15) is 0 Å². The third-order valence-electron chi connectivity index (χ3n) is 2.87. The van der Waals surface area contributed by atoms with Crippen LogP contribution in [0.3, 0.4) is 0 Å². The molecule has 0 aromatic rings. The van der Waals surface area contributed by atoms with Gasteiger partial charge in [-0.15, -0.1) is 0 Å². The monoisotopic (exact) mass is 244 g/mol. The molecule has 0 aliphatic rings. The SMILES string of the molecule is CCC(C)CN(CC)C(=O)N(C)CCC(=O)O. The number of hydrogen-bond donors (Lipinski definition) is 1. The van der Waals surface area contributed by atoms with Crippen LogP contribution >= 0.6 is 0 Å². The number of carboxylic acid groups (broad SMARTS) is 1. The minimum absolute atomic E-state index is 0.0108. The lowest BCUT2D eigenvalue weighted by molar-refractivity contribution is -0.137. The summed E-state index contributed by atoms with van der Waals surface area (Å²) in [7, 11) is 1.64. The van der Waals surface area contributed by atoms with Crippen LogP contribution in [0.25, 0.3) is 0 Å². The van der Waals surface area contributed by atoms with Gasteiger partial charge in [0.05, 0.1) is 6.42 Å². The molecule has 0 aromatic carbocycles. The molecule has 0 heterocycles. The first-order valence-electron chi connectivity index (χ1n) is 6.14. The Hall–Kier alpha value is -1.26. The van der Waals surface area contributed by atoms with Gasteiger partial charge in [0.2, 0.25) is 0 Å². The molecule has 100 valence electrons. The first-order valence-corrected chi connectivity index (χ1v) is 6.14. The van der Waals surface area contributed by atoms with Gasteiger partial charge >= 0.3 is 12.0 Å². The van der Waals surface area contributed by atoms with Crippen molar-refractivity contribution in [1.82, 2.24) is 9.80 Å². The molecule has 0 spiro atoms. The Labute approximate surface area is 103 Å². The number of carbonyl (C=O) groups is 2. The van der Waals surface area contributed by atoms with Crippen molar-refractivity contribution in [2.45, 2.75) is 33.6 Å². The largest absolute Gasteiger partial charge is 0.481 e. The van der Waals surface area contributed by atoms with E-state index in [1.807, 2.05) is 6.92 Å². The molecule has 1 N–H and O–H groups in total. The second-order valence-corrected chi connectivity index (χ2v) is 4.40. The Balaban J connectivity index is 4.26. The van der Waals surface area contributed by atoms with Crippen LogP contribution in [0.1, 0.15) is 33.6 Å². The summed E-state index contributed by atoms with van der Waals surface area (Å²) in [6.07, 6.45) is 1.02. The number of hydrogen-bond acceptors (Lipinski definition) is 2. The minimum Gasteiger partial charge on any atom is -0.481 e. The zero-order valence-electron chi connectivity index (χ0n) is 11.3.